The molecule has 0 radical (unpaired) electrons. The third-order valence-electron chi connectivity index (χ3n) is 4.23. The molecule has 0 heterocycles. The predicted octanol–water partition coefficient (Wildman–Crippen LogP) is 7.55. The summed E-state index contributed by atoms with van der Waals surface area (Å²) >= 11 is 0. The molecule has 0 atom stereocenters. The van der Waals surface area contributed by atoms with Gasteiger partial charge < -0.3 is 5.11 Å². The molecule has 1 N–H and O–H groups in total. The number of unbranched alkanes of at least 4 members (excludes halogenated alkanes) is 9. The molecule has 0 aromatic carbocycles. The van der Waals surface area contributed by atoms with Crippen LogP contribution in [0, 0.1) is 0 Å². The van der Waals surface area contributed by atoms with Crippen LogP contribution in [0.3, 0.4) is 0 Å². The van der Waals surface area contributed by atoms with Gasteiger partial charge in [0.25, 0.3) is 0 Å². The molecule has 0 aliphatic heterocycles. The van der Waals surface area contributed by atoms with Gasteiger partial charge in [0.1, 0.15) is 0 Å². The Kier molecular flexibility index (Phi) is 18.1. The van der Waals surface area contributed by atoms with Crippen LogP contribution in [0.4, 0.5) is 0 Å². The summed E-state index contributed by atoms with van der Waals surface area (Å²) in [6.07, 6.45) is 31.5. The van der Waals surface area contributed by atoms with Crippen molar-refractivity contribution in [3.63, 3.8) is 0 Å². The van der Waals surface area contributed by atoms with Gasteiger partial charge in [-0.05, 0) is 19.3 Å². The molecular weight excluding hydrogens is 320 g/mol. The van der Waals surface area contributed by atoms with E-state index < -0.39 is 5.97 Å². The van der Waals surface area contributed by atoms with Crippen LogP contribution in [0.25, 0.3) is 0 Å². The van der Waals surface area contributed by atoms with Gasteiger partial charge in [-0.15, -0.1) is 0 Å². The number of rotatable bonds is 16. The molecule has 0 aromatic heterocycles. The minimum atomic E-state index is -0.849. The van der Waals surface area contributed by atoms with Crippen molar-refractivity contribution in [2.45, 2.75) is 84.5 Å². The van der Waals surface area contributed by atoms with E-state index in [1.54, 1.807) is 12.2 Å². The summed E-state index contributed by atoms with van der Waals surface area (Å²) < 4.78 is 0. The van der Waals surface area contributed by atoms with Crippen molar-refractivity contribution in [1.29, 1.82) is 0 Å². The van der Waals surface area contributed by atoms with Crippen LogP contribution in [-0.2, 0) is 4.79 Å². The first-order valence-corrected chi connectivity index (χ1v) is 10.3. The fourth-order valence-corrected chi connectivity index (χ4v) is 2.58. The smallest absolute Gasteiger partial charge is 0.331 e. The Morgan fingerprint density at radius 3 is 1.73 bits per heavy atom. The largest absolute Gasteiger partial charge is 0.478 e. The van der Waals surface area contributed by atoms with E-state index in [4.69, 9.17) is 5.11 Å². The van der Waals surface area contributed by atoms with Gasteiger partial charge in [-0.25, -0.2) is 4.79 Å². The molecule has 0 amide bonds. The van der Waals surface area contributed by atoms with Gasteiger partial charge in [0.15, 0.2) is 0 Å². The summed E-state index contributed by atoms with van der Waals surface area (Å²) in [4.78, 5) is 10.8. The molecule has 0 spiro atoms. The molecule has 0 saturated carbocycles. The first-order valence-electron chi connectivity index (χ1n) is 10.3. The fraction of sp³-hybridized carbons (Fsp3) is 0.542. The Morgan fingerprint density at radius 2 is 1.19 bits per heavy atom. The predicted molar refractivity (Wildman–Crippen MR) is 114 cm³/mol. The molecule has 0 saturated heterocycles. The maximum atomic E-state index is 10.8. The molecule has 0 bridgehead atoms. The molecule has 26 heavy (non-hydrogen) atoms. The van der Waals surface area contributed by atoms with Crippen molar-refractivity contribution in [3.8, 4) is 0 Å². The van der Waals surface area contributed by atoms with Crippen molar-refractivity contribution in [1.82, 2.24) is 0 Å². The highest BCUT2D eigenvalue weighted by Gasteiger charge is 2.00. The van der Waals surface area contributed by atoms with E-state index >= 15 is 0 Å². The van der Waals surface area contributed by atoms with Crippen LogP contribution in [0.5, 0.6) is 0 Å². The van der Waals surface area contributed by atoms with Crippen LogP contribution in [-0.4, -0.2) is 11.1 Å². The molecule has 0 aliphatic carbocycles. The molecule has 0 unspecified atom stereocenters. The van der Waals surface area contributed by atoms with Crippen LogP contribution in [0.15, 0.2) is 60.3 Å². The van der Waals surface area contributed by atoms with Crippen molar-refractivity contribution in [2.75, 3.05) is 0 Å². The Hall–Kier alpha value is -1.83. The number of aliphatic carboxylic acids is 1. The number of carbonyl (C=O) groups is 1. The molecule has 2 heteroatoms. The first-order chi connectivity index (χ1) is 12.7. The maximum absolute atomic E-state index is 10.8. The SMILES string of the molecule is CCCCCCCCCCCC=CC=CC=CC=CC=C(CC)C(=O)O. The van der Waals surface area contributed by atoms with Crippen molar-refractivity contribution in [3.05, 3.63) is 60.3 Å². The number of carboxylic acids is 1. The van der Waals surface area contributed by atoms with Crippen LogP contribution >= 0.6 is 0 Å². The summed E-state index contributed by atoms with van der Waals surface area (Å²) in [6.45, 7) is 4.11. The molecule has 0 fully saturated rings. The third-order valence-corrected chi connectivity index (χ3v) is 4.23. The summed E-state index contributed by atoms with van der Waals surface area (Å²) in [5, 5.41) is 8.88. The molecular formula is C24H38O2. The Balaban J connectivity index is 3.63. The lowest BCUT2D eigenvalue weighted by atomic mass is 10.1. The third kappa shape index (κ3) is 17.0. The van der Waals surface area contributed by atoms with E-state index in [9.17, 15) is 4.79 Å². The standard InChI is InChI=1S/C24H38O2/c1-3-5-6-7-8-9-10-11-12-13-14-15-16-17-18-19-20-21-22-23(4-2)24(25)26/h14-22H,3-13H2,1-2H3,(H,25,26). The Morgan fingerprint density at radius 1 is 0.692 bits per heavy atom. The van der Waals surface area contributed by atoms with Gasteiger partial charge >= 0.3 is 5.97 Å². The molecule has 0 aromatic rings. The molecule has 0 rings (SSSR count). The van der Waals surface area contributed by atoms with E-state index in [-0.39, 0.29) is 0 Å². The zero-order valence-electron chi connectivity index (χ0n) is 16.8. The quantitative estimate of drug-likeness (QED) is 0.176. The van der Waals surface area contributed by atoms with Crippen molar-refractivity contribution < 1.29 is 9.90 Å². The maximum Gasteiger partial charge on any atom is 0.331 e. The van der Waals surface area contributed by atoms with Crippen LogP contribution in [0.2, 0.25) is 0 Å². The highest BCUT2D eigenvalue weighted by Crippen LogP contribution is 2.10. The summed E-state index contributed by atoms with van der Waals surface area (Å²) in [5.74, 6) is -0.849. The summed E-state index contributed by atoms with van der Waals surface area (Å²) in [6, 6.07) is 0. The van der Waals surface area contributed by atoms with Crippen LogP contribution in [0.1, 0.15) is 84.5 Å². The first kappa shape index (κ1) is 24.2. The normalized spacial score (nSPS) is 13.1. The second-order valence-electron chi connectivity index (χ2n) is 6.55. The molecule has 146 valence electrons. The van der Waals surface area contributed by atoms with Crippen molar-refractivity contribution in [2.24, 2.45) is 0 Å². The molecule has 0 aliphatic rings. The van der Waals surface area contributed by atoms with Crippen molar-refractivity contribution >= 4 is 5.97 Å². The zero-order valence-corrected chi connectivity index (χ0v) is 16.8. The minimum Gasteiger partial charge on any atom is -0.478 e. The van der Waals surface area contributed by atoms with Crippen LogP contribution < -0.4 is 0 Å². The zero-order chi connectivity index (χ0) is 19.3. The number of hydrogen-bond acceptors (Lipinski definition) is 1. The van der Waals surface area contributed by atoms with Gasteiger partial charge in [-0.1, -0.05) is 120 Å². The second kappa shape index (κ2) is 19.5. The number of allylic oxidation sites excluding steroid dienone is 9. The van der Waals surface area contributed by atoms with E-state index in [1.165, 1.54) is 57.8 Å². The topological polar surface area (TPSA) is 37.3 Å². The van der Waals surface area contributed by atoms with E-state index in [1.807, 2.05) is 37.3 Å². The average molecular weight is 359 g/mol. The van der Waals surface area contributed by atoms with Gasteiger partial charge in [0.05, 0.1) is 0 Å². The Labute approximate surface area is 161 Å². The summed E-state index contributed by atoms with van der Waals surface area (Å²) in [5.41, 5.74) is 0.421. The van der Waals surface area contributed by atoms with Gasteiger partial charge in [-0.2, -0.15) is 0 Å². The average Bonchev–Trinajstić information content (AvgIpc) is 2.63. The fourth-order valence-electron chi connectivity index (χ4n) is 2.58. The lowest BCUT2D eigenvalue weighted by Gasteiger charge is -2.00. The monoisotopic (exact) mass is 358 g/mol. The van der Waals surface area contributed by atoms with Gasteiger partial charge in [-0.3, -0.25) is 0 Å². The van der Waals surface area contributed by atoms with E-state index in [0.717, 1.165) is 6.42 Å². The van der Waals surface area contributed by atoms with Gasteiger partial charge in [0.2, 0.25) is 0 Å². The number of carboxylic acid groups (broad SMARTS) is 1. The highest BCUT2D eigenvalue weighted by atomic mass is 16.4. The molecule has 2 nitrogen and oxygen atoms in total. The van der Waals surface area contributed by atoms with E-state index in [2.05, 4.69) is 19.1 Å². The lowest BCUT2D eigenvalue weighted by Crippen LogP contribution is -1.97. The Bertz CT molecular complexity index is 478. The highest BCUT2D eigenvalue weighted by molar-refractivity contribution is 5.86. The summed E-state index contributed by atoms with van der Waals surface area (Å²) in [7, 11) is 0. The van der Waals surface area contributed by atoms with E-state index in [0.29, 0.717) is 12.0 Å². The number of hydrogen-bond donors (Lipinski definition) is 1. The lowest BCUT2D eigenvalue weighted by molar-refractivity contribution is -0.132. The minimum absolute atomic E-state index is 0.421. The van der Waals surface area contributed by atoms with Gasteiger partial charge in [0, 0.05) is 5.57 Å². The second-order valence-corrected chi connectivity index (χ2v) is 6.55.